The van der Waals surface area contributed by atoms with E-state index in [9.17, 15) is 9.59 Å². The van der Waals surface area contributed by atoms with Crippen molar-refractivity contribution in [3.05, 3.63) is 40.9 Å². The Morgan fingerprint density at radius 3 is 2.82 bits per heavy atom. The van der Waals surface area contributed by atoms with Gasteiger partial charge in [0, 0.05) is 10.7 Å². The lowest BCUT2D eigenvalue weighted by Crippen LogP contribution is -2.31. The van der Waals surface area contributed by atoms with Crippen molar-refractivity contribution in [2.45, 2.75) is 26.3 Å². The normalized spacial score (nSPS) is 11.8. The van der Waals surface area contributed by atoms with Gasteiger partial charge in [-0.1, -0.05) is 17.7 Å². The first-order chi connectivity index (χ1) is 10.5. The number of halogens is 1. The van der Waals surface area contributed by atoms with E-state index in [2.05, 4.69) is 25.8 Å². The molecule has 116 valence electrons. The fraction of sp³-hybridized carbons (Fsp3) is 0.286. The van der Waals surface area contributed by atoms with Gasteiger partial charge >= 0.3 is 0 Å². The first-order valence-electron chi connectivity index (χ1n) is 6.67. The van der Waals surface area contributed by atoms with E-state index in [1.807, 2.05) is 0 Å². The van der Waals surface area contributed by atoms with Crippen molar-refractivity contribution < 1.29 is 9.59 Å². The van der Waals surface area contributed by atoms with Gasteiger partial charge in [-0.2, -0.15) is 5.10 Å². The maximum atomic E-state index is 11.9. The zero-order valence-corrected chi connectivity index (χ0v) is 12.9. The van der Waals surface area contributed by atoms with Crippen LogP contribution in [-0.2, 0) is 9.59 Å². The Kier molecular flexibility index (Phi) is 5.11. The Morgan fingerprint density at radius 2 is 2.14 bits per heavy atom. The van der Waals surface area contributed by atoms with Crippen molar-refractivity contribution in [3.8, 4) is 0 Å². The molecule has 0 radical (unpaired) electrons. The molecule has 0 spiro atoms. The number of H-pyrrole nitrogens is 1. The first kappa shape index (κ1) is 16.0. The topological polar surface area (TPSA) is 99.8 Å². The summed E-state index contributed by atoms with van der Waals surface area (Å²) < 4.78 is 0. The van der Waals surface area contributed by atoms with Crippen LogP contribution in [-0.4, -0.2) is 27.0 Å². The molecule has 0 aliphatic heterocycles. The van der Waals surface area contributed by atoms with Crippen molar-refractivity contribution in [3.63, 3.8) is 0 Å². The molecular formula is C14H16ClN5O2. The molecule has 22 heavy (non-hydrogen) atoms. The highest BCUT2D eigenvalue weighted by molar-refractivity contribution is 6.31. The molecule has 1 unspecified atom stereocenters. The summed E-state index contributed by atoms with van der Waals surface area (Å²) in [5, 5.41) is 12.3. The van der Waals surface area contributed by atoms with Crippen LogP contribution in [0.2, 0.25) is 5.02 Å². The fourth-order valence-electron chi connectivity index (χ4n) is 1.87. The van der Waals surface area contributed by atoms with Gasteiger partial charge < -0.3 is 10.6 Å². The zero-order valence-electron chi connectivity index (χ0n) is 12.2. The van der Waals surface area contributed by atoms with Crippen molar-refractivity contribution in [1.29, 1.82) is 0 Å². The molecule has 8 heteroatoms. The molecule has 1 atom stereocenters. The van der Waals surface area contributed by atoms with Crippen LogP contribution in [0.5, 0.6) is 0 Å². The number of hydrogen-bond acceptors (Lipinski definition) is 4. The molecule has 7 nitrogen and oxygen atoms in total. The number of carbonyl (C=O) groups excluding carboxylic acids is 2. The number of amides is 2. The summed E-state index contributed by atoms with van der Waals surface area (Å²) in [6, 6.07) is 4.85. The standard InChI is InChI=1S/C14H16ClN5O2/c1-8-10(15)4-3-5-11(8)19-13(22)6-12(21)18-9(2)14-16-7-17-20-14/h3-5,7,9H,6H2,1-2H3,(H,18,21)(H,19,22)(H,16,17,20). The van der Waals surface area contributed by atoms with Crippen LogP contribution in [0.3, 0.4) is 0 Å². The lowest BCUT2D eigenvalue weighted by Gasteiger charge is -2.12. The van der Waals surface area contributed by atoms with Crippen LogP contribution in [0.25, 0.3) is 0 Å². The van der Waals surface area contributed by atoms with Crippen LogP contribution in [0.1, 0.15) is 30.8 Å². The highest BCUT2D eigenvalue weighted by Crippen LogP contribution is 2.22. The minimum Gasteiger partial charge on any atom is -0.346 e. The SMILES string of the molecule is Cc1c(Cl)cccc1NC(=O)CC(=O)NC(C)c1ncn[nH]1. The predicted octanol–water partition coefficient (Wildman–Crippen LogP) is 1.97. The summed E-state index contributed by atoms with van der Waals surface area (Å²) in [5.41, 5.74) is 1.35. The average Bonchev–Trinajstić information content (AvgIpc) is 2.97. The molecule has 2 rings (SSSR count). The lowest BCUT2D eigenvalue weighted by atomic mass is 10.2. The van der Waals surface area contributed by atoms with E-state index in [1.165, 1.54) is 6.33 Å². The van der Waals surface area contributed by atoms with E-state index in [-0.39, 0.29) is 12.5 Å². The van der Waals surface area contributed by atoms with E-state index in [0.29, 0.717) is 16.5 Å². The lowest BCUT2D eigenvalue weighted by molar-refractivity contribution is -0.127. The molecule has 0 saturated carbocycles. The van der Waals surface area contributed by atoms with Gasteiger partial charge in [-0.15, -0.1) is 0 Å². The number of aromatic nitrogens is 3. The average molecular weight is 322 g/mol. The number of nitrogens with one attached hydrogen (secondary N) is 3. The molecule has 1 aromatic carbocycles. The summed E-state index contributed by atoms with van der Waals surface area (Å²) in [4.78, 5) is 27.7. The molecule has 0 bridgehead atoms. The molecular weight excluding hydrogens is 306 g/mol. The van der Waals surface area contributed by atoms with Gasteiger partial charge in [-0.25, -0.2) is 4.98 Å². The second kappa shape index (κ2) is 7.04. The summed E-state index contributed by atoms with van der Waals surface area (Å²) in [6.07, 6.45) is 1.07. The molecule has 0 fully saturated rings. The van der Waals surface area contributed by atoms with Crippen molar-refractivity contribution in [2.75, 3.05) is 5.32 Å². The third-order valence-electron chi connectivity index (χ3n) is 3.08. The Bertz CT molecular complexity index is 672. The molecule has 0 aliphatic rings. The third kappa shape index (κ3) is 4.05. The molecule has 2 aromatic rings. The molecule has 1 heterocycles. The maximum absolute atomic E-state index is 11.9. The van der Waals surface area contributed by atoms with E-state index in [1.54, 1.807) is 32.0 Å². The maximum Gasteiger partial charge on any atom is 0.233 e. The third-order valence-corrected chi connectivity index (χ3v) is 3.49. The van der Waals surface area contributed by atoms with Crippen molar-refractivity contribution in [2.24, 2.45) is 0 Å². The minimum absolute atomic E-state index is 0.287. The fourth-order valence-corrected chi connectivity index (χ4v) is 2.04. The van der Waals surface area contributed by atoms with E-state index in [0.717, 1.165) is 5.56 Å². The van der Waals surface area contributed by atoms with Gasteiger partial charge in [0.15, 0.2) is 0 Å². The minimum atomic E-state index is -0.410. The van der Waals surface area contributed by atoms with E-state index in [4.69, 9.17) is 11.6 Å². The van der Waals surface area contributed by atoms with Crippen LogP contribution < -0.4 is 10.6 Å². The molecule has 2 amide bonds. The number of aromatic amines is 1. The van der Waals surface area contributed by atoms with Gasteiger partial charge in [0.05, 0.1) is 6.04 Å². The number of nitrogens with zero attached hydrogens (tertiary/aromatic N) is 2. The van der Waals surface area contributed by atoms with Crippen LogP contribution >= 0.6 is 11.6 Å². The second-order valence-corrected chi connectivity index (χ2v) is 5.20. The highest BCUT2D eigenvalue weighted by atomic mass is 35.5. The number of rotatable bonds is 5. The zero-order chi connectivity index (χ0) is 16.1. The largest absolute Gasteiger partial charge is 0.346 e. The Hall–Kier alpha value is -2.41. The van der Waals surface area contributed by atoms with E-state index >= 15 is 0 Å². The second-order valence-electron chi connectivity index (χ2n) is 4.80. The first-order valence-corrected chi connectivity index (χ1v) is 7.04. The highest BCUT2D eigenvalue weighted by Gasteiger charge is 2.15. The number of hydrogen-bond donors (Lipinski definition) is 3. The Morgan fingerprint density at radius 1 is 1.36 bits per heavy atom. The summed E-state index contributed by atoms with van der Waals surface area (Å²) in [7, 11) is 0. The van der Waals surface area contributed by atoms with Gasteiger partial charge in [-0.3, -0.25) is 14.7 Å². The Balaban J connectivity index is 1.89. The van der Waals surface area contributed by atoms with Gasteiger partial charge in [0.1, 0.15) is 18.6 Å². The summed E-state index contributed by atoms with van der Waals surface area (Å²) in [6.45, 7) is 3.54. The quantitative estimate of drug-likeness (QED) is 0.733. The van der Waals surface area contributed by atoms with E-state index < -0.39 is 11.8 Å². The van der Waals surface area contributed by atoms with Crippen LogP contribution in [0, 0.1) is 6.92 Å². The molecule has 0 saturated heterocycles. The number of benzene rings is 1. The predicted molar refractivity (Wildman–Crippen MR) is 82.4 cm³/mol. The van der Waals surface area contributed by atoms with Gasteiger partial charge in [0.2, 0.25) is 11.8 Å². The smallest absolute Gasteiger partial charge is 0.233 e. The van der Waals surface area contributed by atoms with Crippen molar-refractivity contribution in [1.82, 2.24) is 20.5 Å². The Labute approximate surface area is 132 Å². The molecule has 0 aliphatic carbocycles. The molecule has 1 aromatic heterocycles. The van der Waals surface area contributed by atoms with Crippen molar-refractivity contribution >= 4 is 29.1 Å². The molecule has 3 N–H and O–H groups in total. The van der Waals surface area contributed by atoms with Crippen LogP contribution in [0.4, 0.5) is 5.69 Å². The number of carbonyl (C=O) groups is 2. The van der Waals surface area contributed by atoms with Crippen LogP contribution in [0.15, 0.2) is 24.5 Å². The van der Waals surface area contributed by atoms with Gasteiger partial charge in [-0.05, 0) is 31.5 Å². The summed E-state index contributed by atoms with van der Waals surface area (Å²) >= 11 is 5.98. The number of anilines is 1. The van der Waals surface area contributed by atoms with Gasteiger partial charge in [0.25, 0.3) is 0 Å². The summed E-state index contributed by atoms with van der Waals surface area (Å²) in [5.74, 6) is -0.284. The monoisotopic (exact) mass is 321 g/mol.